The van der Waals surface area contributed by atoms with Gasteiger partial charge in [0.05, 0.1) is 54.9 Å². The van der Waals surface area contributed by atoms with Gasteiger partial charge in [0.15, 0.2) is 31.5 Å². The molecule has 396 valence electrons. The van der Waals surface area contributed by atoms with Gasteiger partial charge in [0, 0.05) is 62.9 Å². The van der Waals surface area contributed by atoms with Crippen molar-refractivity contribution in [1.29, 1.82) is 0 Å². The summed E-state index contributed by atoms with van der Waals surface area (Å²) in [6.07, 6.45) is 32.0. The highest BCUT2D eigenvalue weighted by Crippen LogP contribution is 2.43. The van der Waals surface area contributed by atoms with Crippen LogP contribution in [0.15, 0.2) is 85.1 Å². The Morgan fingerprint density at radius 1 is 0.557 bits per heavy atom. The topological polar surface area (TPSA) is 109 Å². The van der Waals surface area contributed by atoms with E-state index in [0.717, 1.165) is 25.7 Å². The van der Waals surface area contributed by atoms with Crippen LogP contribution in [0.1, 0.15) is 155 Å². The van der Waals surface area contributed by atoms with Crippen molar-refractivity contribution in [1.82, 2.24) is 0 Å². The smallest absolute Gasteiger partial charge is 0.331 e. The number of fused-ring (bicyclic) bond motifs is 8. The first-order chi connectivity index (χ1) is 32.5. The van der Waals surface area contributed by atoms with Crippen molar-refractivity contribution in [2.24, 2.45) is 17.8 Å². The van der Waals surface area contributed by atoms with Crippen LogP contribution in [-0.4, -0.2) is 98.5 Å². The number of ether oxygens (including phenoxy) is 9. The molecule has 0 spiro atoms. The summed E-state index contributed by atoms with van der Waals surface area (Å²) in [6, 6.07) is 0. The van der Waals surface area contributed by atoms with Crippen LogP contribution in [0, 0.1) is 17.8 Å². The molecule has 12 atom stereocenters. The molecular weight excluding hydrogens is 901 g/mol. The first kappa shape index (κ1) is 58.4. The van der Waals surface area contributed by atoms with E-state index in [4.69, 9.17) is 47.1 Å². The summed E-state index contributed by atoms with van der Waals surface area (Å²) in [6.45, 7) is 36.1. The lowest BCUT2D eigenvalue weighted by molar-refractivity contribution is -0.340. The lowest BCUT2D eigenvalue weighted by Gasteiger charge is -2.48. The first-order valence-corrected chi connectivity index (χ1v) is 29.4. The molecule has 5 aliphatic rings. The fourth-order valence-corrected chi connectivity index (χ4v) is 11.9. The van der Waals surface area contributed by atoms with Crippen molar-refractivity contribution >= 4 is 14.3 Å². The van der Waals surface area contributed by atoms with Crippen LogP contribution < -0.4 is 0 Å². The number of carbonyl (C=O) groups excluding carboxylic acids is 1. The Bertz CT molecular complexity index is 1880. The van der Waals surface area contributed by atoms with E-state index in [1.165, 1.54) is 6.08 Å². The fraction of sp³-hybridized carbons (Fsp3) is 0.741. The predicted molar refractivity (Wildman–Crippen MR) is 281 cm³/mol. The monoisotopic (exact) mass is 995 g/mol. The number of cyclic esters (lactones) is 1. The van der Waals surface area contributed by atoms with E-state index >= 15 is 0 Å². The van der Waals surface area contributed by atoms with Crippen LogP contribution in [0.5, 0.6) is 0 Å². The minimum absolute atomic E-state index is 0.0377. The zero-order valence-corrected chi connectivity index (χ0v) is 47.2. The maximum absolute atomic E-state index is 13.0. The summed E-state index contributed by atoms with van der Waals surface area (Å²) in [7, 11) is -2.14. The molecule has 70 heavy (non-hydrogen) atoms. The highest BCUT2D eigenvalue weighted by molar-refractivity contribution is 6.74. The summed E-state index contributed by atoms with van der Waals surface area (Å²) in [5.74, 6) is -3.33. The highest BCUT2D eigenvalue weighted by atomic mass is 28.4. The van der Waals surface area contributed by atoms with Crippen LogP contribution in [0.25, 0.3) is 0 Å². The quantitative estimate of drug-likeness (QED) is 0.153. The van der Waals surface area contributed by atoms with Gasteiger partial charge in [-0.3, -0.25) is 0 Å². The zero-order valence-electron chi connectivity index (χ0n) is 46.2. The van der Waals surface area contributed by atoms with Crippen LogP contribution in [0.2, 0.25) is 18.1 Å². The molecule has 0 saturated carbocycles. The van der Waals surface area contributed by atoms with E-state index in [2.05, 4.69) is 85.9 Å². The third-order valence-corrected chi connectivity index (χ3v) is 18.9. The van der Waals surface area contributed by atoms with Gasteiger partial charge >= 0.3 is 5.97 Å². The van der Waals surface area contributed by atoms with Gasteiger partial charge in [-0.2, -0.15) is 0 Å². The van der Waals surface area contributed by atoms with Crippen molar-refractivity contribution in [2.75, 3.05) is 0 Å². The van der Waals surface area contributed by atoms with Gasteiger partial charge in [0.2, 0.25) is 0 Å². The van der Waals surface area contributed by atoms with Crippen molar-refractivity contribution in [3.63, 3.8) is 0 Å². The van der Waals surface area contributed by atoms with Crippen molar-refractivity contribution in [3.05, 3.63) is 85.1 Å². The Kier molecular flexibility index (Phi) is 20.6. The summed E-state index contributed by atoms with van der Waals surface area (Å²) in [4.78, 5) is 13.0. The Labute approximate surface area is 424 Å². The number of allylic oxidation sites excluding steroid dienone is 10. The Morgan fingerprint density at radius 3 is 1.41 bits per heavy atom. The van der Waals surface area contributed by atoms with Crippen molar-refractivity contribution < 1.29 is 51.9 Å². The molecule has 0 amide bonds. The molecule has 0 unspecified atom stereocenters. The summed E-state index contributed by atoms with van der Waals surface area (Å²) in [5.41, 5.74) is 0. The minimum Gasteiger partial charge on any atom is -0.458 e. The maximum Gasteiger partial charge on any atom is 0.331 e. The summed E-state index contributed by atoms with van der Waals surface area (Å²) < 4.78 is 66.3. The van der Waals surface area contributed by atoms with E-state index in [9.17, 15) is 4.79 Å². The molecule has 0 N–H and O–H groups in total. The van der Waals surface area contributed by atoms with Gasteiger partial charge in [-0.05, 0) is 85.9 Å². The molecule has 5 rings (SSSR count). The molecule has 0 aromatic carbocycles. The van der Waals surface area contributed by atoms with Crippen LogP contribution >= 0.6 is 0 Å². The number of hydrogen-bond donors (Lipinski definition) is 0. The average Bonchev–Trinajstić information content (AvgIpc) is 3.19. The molecule has 0 aromatic rings. The van der Waals surface area contributed by atoms with Gasteiger partial charge in [0.1, 0.15) is 6.10 Å². The SMILES string of the molecule is CC(C)[C@@H]1OC(=O)/C=C/C=C/C=C/C=C/C=C/C=C/C[C@@H](O[Si](C)(C)C(C)(C)C)[C@@H](C)[C@H]2C[C@@H](C[C@H]3C[C@H](C[C@H]4C[C@H](C[C@@H]5C[C@H](/C=C/[C@H]1C)OC(C)(C)O5)OC(C)(C)O4)OC(C)(C)O3)OC(C)(C)O2. The highest BCUT2D eigenvalue weighted by Gasteiger charge is 2.47. The number of rotatable bonds is 3. The lowest BCUT2D eigenvalue weighted by Crippen LogP contribution is -2.53. The van der Waals surface area contributed by atoms with Crippen molar-refractivity contribution in [2.45, 2.75) is 258 Å². The third-order valence-electron chi connectivity index (χ3n) is 14.4. The van der Waals surface area contributed by atoms with Crippen LogP contribution in [-0.2, 0) is 51.9 Å². The Hall–Kier alpha value is -2.49. The molecule has 5 heterocycles. The molecule has 8 bridgehead atoms. The van der Waals surface area contributed by atoms with E-state index in [-0.39, 0.29) is 89.8 Å². The van der Waals surface area contributed by atoms with Gasteiger partial charge in [-0.15, -0.1) is 0 Å². The Morgan fingerprint density at radius 2 is 0.957 bits per heavy atom. The number of hydrogen-bond acceptors (Lipinski definition) is 11. The molecule has 12 heteroatoms. The third kappa shape index (κ3) is 18.8. The van der Waals surface area contributed by atoms with Gasteiger partial charge in [-0.25, -0.2) is 4.79 Å². The largest absolute Gasteiger partial charge is 0.458 e. The molecule has 4 fully saturated rings. The van der Waals surface area contributed by atoms with E-state index < -0.39 is 31.5 Å². The van der Waals surface area contributed by atoms with Gasteiger partial charge in [-0.1, -0.05) is 127 Å². The van der Waals surface area contributed by atoms with E-state index in [0.29, 0.717) is 25.7 Å². The second kappa shape index (κ2) is 24.7. The molecule has 4 saturated heterocycles. The molecule has 0 aliphatic carbocycles. The second-order valence-corrected chi connectivity index (χ2v) is 29.0. The normalized spacial score (nSPS) is 39.3. The fourth-order valence-electron chi connectivity index (χ4n) is 10.5. The number of esters is 1. The lowest BCUT2D eigenvalue weighted by atomic mass is 9.88. The molecule has 11 nitrogen and oxygen atoms in total. The standard InChI is InChI=1S/C58H94O11Si/c1-40(2)53-41(3)31-32-43-33-44(62-55(8,9)61-43)34-45-35-46(64-56(10,11)63-45)36-47-37-48(66-57(12,13)65-47)38-49-39-51(68-58(14,15)67-49)42(4)50(69-70(16,17)54(5,6)7)29-27-25-23-21-19-18-20-22-24-26-28-30-52(59)60-53/h18-28,30-32,40-51,53H,29,33-39H2,1-17H3/b19-18+,22-20+,23-21+,26-24+,27-25+,30-28+,32-31+/t41-,42-,43+,44+,45+,46-,47+,48-,49-,50-,51-,53+/m1/s1. The molecule has 5 aliphatic heterocycles. The van der Waals surface area contributed by atoms with E-state index in [1.807, 2.05) is 104 Å². The van der Waals surface area contributed by atoms with Crippen molar-refractivity contribution in [3.8, 4) is 0 Å². The van der Waals surface area contributed by atoms with Gasteiger partial charge in [0.25, 0.3) is 0 Å². The summed E-state index contributed by atoms with van der Waals surface area (Å²) >= 11 is 0. The minimum atomic E-state index is -2.14. The Balaban J connectivity index is 1.39. The summed E-state index contributed by atoms with van der Waals surface area (Å²) in [5, 5.41) is 0.0539. The average molecular weight is 995 g/mol. The number of carbonyl (C=O) groups is 1. The van der Waals surface area contributed by atoms with E-state index in [1.54, 1.807) is 6.08 Å². The molecule has 0 radical (unpaired) electrons. The first-order valence-electron chi connectivity index (χ1n) is 26.5. The second-order valence-electron chi connectivity index (χ2n) is 24.2. The van der Waals surface area contributed by atoms with Crippen LogP contribution in [0.4, 0.5) is 0 Å². The molecule has 0 aromatic heterocycles. The predicted octanol–water partition coefficient (Wildman–Crippen LogP) is 13.3. The zero-order chi connectivity index (χ0) is 51.7. The maximum atomic E-state index is 13.0. The van der Waals surface area contributed by atoms with Gasteiger partial charge < -0.3 is 47.1 Å². The molecular formula is C58H94O11Si. The van der Waals surface area contributed by atoms with Crippen LogP contribution in [0.3, 0.4) is 0 Å².